The molecule has 4 heteroatoms. The molecule has 0 saturated heterocycles. The maximum Gasteiger partial charge on any atom is 0.232 e. The molecule has 20 heavy (non-hydrogen) atoms. The van der Waals surface area contributed by atoms with Crippen LogP contribution in [0.15, 0.2) is 48.5 Å². The number of para-hydroxylation sites is 3. The standard InChI is InChI=1S/C16H16N2O2/c19-15-8-4-3-7-14(15)18-16(20)12-9-10-17-13-6-2-1-5-11(12)13/h1-8,12,17,19H,9-10H2,(H,18,20). The van der Waals surface area contributed by atoms with Gasteiger partial charge in [-0.1, -0.05) is 30.3 Å². The average molecular weight is 268 g/mol. The van der Waals surface area contributed by atoms with Crippen LogP contribution < -0.4 is 10.6 Å². The van der Waals surface area contributed by atoms with Crippen molar-refractivity contribution in [2.24, 2.45) is 0 Å². The molecule has 0 aromatic heterocycles. The largest absolute Gasteiger partial charge is 0.506 e. The molecule has 1 amide bonds. The van der Waals surface area contributed by atoms with Crippen molar-refractivity contribution < 1.29 is 9.90 Å². The lowest BCUT2D eigenvalue weighted by Gasteiger charge is -2.25. The highest BCUT2D eigenvalue weighted by Gasteiger charge is 2.26. The van der Waals surface area contributed by atoms with E-state index in [0.717, 1.165) is 24.2 Å². The molecular formula is C16H16N2O2. The van der Waals surface area contributed by atoms with Crippen molar-refractivity contribution in [3.8, 4) is 5.75 Å². The molecule has 2 aromatic carbocycles. The Labute approximate surface area is 117 Å². The number of phenols is 1. The van der Waals surface area contributed by atoms with Crippen LogP contribution in [0.3, 0.4) is 0 Å². The minimum atomic E-state index is -0.188. The molecule has 2 aromatic rings. The van der Waals surface area contributed by atoms with Gasteiger partial charge in [0.15, 0.2) is 0 Å². The van der Waals surface area contributed by atoms with Crippen LogP contribution >= 0.6 is 0 Å². The monoisotopic (exact) mass is 268 g/mol. The predicted octanol–water partition coefficient (Wildman–Crippen LogP) is 2.93. The summed E-state index contributed by atoms with van der Waals surface area (Å²) in [6.45, 7) is 0.774. The van der Waals surface area contributed by atoms with E-state index in [1.165, 1.54) is 0 Å². The third kappa shape index (κ3) is 2.32. The van der Waals surface area contributed by atoms with Crippen LogP contribution in [0, 0.1) is 0 Å². The molecule has 0 fully saturated rings. The van der Waals surface area contributed by atoms with Crippen LogP contribution in [0.5, 0.6) is 5.75 Å². The van der Waals surface area contributed by atoms with Crippen LogP contribution in [0.2, 0.25) is 0 Å². The number of rotatable bonds is 2. The molecule has 3 N–H and O–H groups in total. The first-order chi connectivity index (χ1) is 9.75. The van der Waals surface area contributed by atoms with E-state index in [4.69, 9.17) is 0 Å². The van der Waals surface area contributed by atoms with Crippen LogP contribution in [0.1, 0.15) is 17.9 Å². The lowest BCUT2D eigenvalue weighted by Crippen LogP contribution is -2.27. The summed E-state index contributed by atoms with van der Waals surface area (Å²) in [5.74, 6) is -0.185. The number of carbonyl (C=O) groups is 1. The molecule has 1 aliphatic heterocycles. The maximum atomic E-state index is 12.4. The first-order valence-corrected chi connectivity index (χ1v) is 6.67. The molecule has 1 aliphatic rings. The minimum Gasteiger partial charge on any atom is -0.506 e. The van der Waals surface area contributed by atoms with E-state index >= 15 is 0 Å². The van der Waals surface area contributed by atoms with Crippen molar-refractivity contribution >= 4 is 17.3 Å². The van der Waals surface area contributed by atoms with E-state index in [-0.39, 0.29) is 17.6 Å². The lowest BCUT2D eigenvalue weighted by molar-refractivity contribution is -0.117. The van der Waals surface area contributed by atoms with Crippen LogP contribution in [0.25, 0.3) is 0 Å². The van der Waals surface area contributed by atoms with Crippen LogP contribution in [0.4, 0.5) is 11.4 Å². The quantitative estimate of drug-likeness (QED) is 0.734. The second kappa shape index (κ2) is 5.25. The summed E-state index contributed by atoms with van der Waals surface area (Å²) in [6.07, 6.45) is 0.746. The minimum absolute atomic E-state index is 0.0829. The Morgan fingerprint density at radius 1 is 1.15 bits per heavy atom. The van der Waals surface area contributed by atoms with E-state index in [1.807, 2.05) is 24.3 Å². The van der Waals surface area contributed by atoms with Gasteiger partial charge in [0.25, 0.3) is 0 Å². The Morgan fingerprint density at radius 2 is 1.90 bits per heavy atom. The van der Waals surface area contributed by atoms with Gasteiger partial charge in [-0.25, -0.2) is 0 Å². The van der Waals surface area contributed by atoms with Crippen molar-refractivity contribution in [2.75, 3.05) is 17.2 Å². The molecule has 0 saturated carbocycles. The number of nitrogens with one attached hydrogen (secondary N) is 2. The number of hydrogen-bond acceptors (Lipinski definition) is 3. The number of aromatic hydroxyl groups is 1. The van der Waals surface area contributed by atoms with Crippen LogP contribution in [-0.4, -0.2) is 17.6 Å². The zero-order valence-electron chi connectivity index (χ0n) is 11.0. The van der Waals surface area contributed by atoms with Crippen molar-refractivity contribution in [1.82, 2.24) is 0 Å². The molecule has 0 bridgehead atoms. The predicted molar refractivity (Wildman–Crippen MR) is 79.0 cm³/mol. The number of benzene rings is 2. The molecule has 4 nitrogen and oxygen atoms in total. The maximum absolute atomic E-state index is 12.4. The van der Waals surface area contributed by atoms with E-state index in [0.29, 0.717) is 5.69 Å². The Morgan fingerprint density at radius 3 is 2.75 bits per heavy atom. The summed E-state index contributed by atoms with van der Waals surface area (Å²) in [5.41, 5.74) is 2.47. The molecule has 3 rings (SSSR count). The topological polar surface area (TPSA) is 61.4 Å². The summed E-state index contributed by atoms with van der Waals surface area (Å²) in [5, 5.41) is 15.8. The van der Waals surface area contributed by atoms with Gasteiger partial charge in [0.2, 0.25) is 5.91 Å². The smallest absolute Gasteiger partial charge is 0.232 e. The Balaban J connectivity index is 1.84. The van der Waals surface area contributed by atoms with E-state index < -0.39 is 0 Å². The van der Waals surface area contributed by atoms with Crippen molar-refractivity contribution in [3.63, 3.8) is 0 Å². The first-order valence-electron chi connectivity index (χ1n) is 6.67. The summed E-state index contributed by atoms with van der Waals surface area (Å²) >= 11 is 0. The molecule has 102 valence electrons. The number of fused-ring (bicyclic) bond motifs is 1. The lowest BCUT2D eigenvalue weighted by atomic mass is 9.90. The number of anilines is 2. The van der Waals surface area contributed by atoms with Gasteiger partial charge in [0.05, 0.1) is 11.6 Å². The average Bonchev–Trinajstić information content (AvgIpc) is 2.49. The van der Waals surface area contributed by atoms with Gasteiger partial charge in [-0.3, -0.25) is 4.79 Å². The van der Waals surface area contributed by atoms with Crippen molar-refractivity contribution in [3.05, 3.63) is 54.1 Å². The molecule has 0 radical (unpaired) electrons. The first kappa shape index (κ1) is 12.5. The summed E-state index contributed by atoms with van der Waals surface area (Å²) in [6, 6.07) is 14.6. The van der Waals surface area contributed by atoms with E-state index in [2.05, 4.69) is 10.6 Å². The third-order valence-electron chi connectivity index (χ3n) is 3.56. The van der Waals surface area contributed by atoms with Gasteiger partial charge in [-0.05, 0) is 30.2 Å². The normalized spacial score (nSPS) is 16.9. The molecular weight excluding hydrogens is 252 g/mol. The molecule has 0 aliphatic carbocycles. The fraction of sp³-hybridized carbons (Fsp3) is 0.188. The zero-order chi connectivity index (χ0) is 13.9. The Bertz CT molecular complexity index is 640. The number of carbonyl (C=O) groups excluding carboxylic acids is 1. The Kier molecular flexibility index (Phi) is 3.29. The van der Waals surface area contributed by atoms with Gasteiger partial charge in [-0.15, -0.1) is 0 Å². The van der Waals surface area contributed by atoms with Gasteiger partial charge in [0, 0.05) is 12.2 Å². The van der Waals surface area contributed by atoms with Crippen molar-refractivity contribution in [1.29, 1.82) is 0 Å². The third-order valence-corrected chi connectivity index (χ3v) is 3.56. The molecule has 0 spiro atoms. The van der Waals surface area contributed by atoms with Gasteiger partial charge < -0.3 is 15.7 Å². The summed E-state index contributed by atoms with van der Waals surface area (Å²) in [7, 11) is 0. The zero-order valence-corrected chi connectivity index (χ0v) is 11.0. The molecule has 1 heterocycles. The fourth-order valence-electron chi connectivity index (χ4n) is 2.54. The second-order valence-corrected chi connectivity index (χ2v) is 4.86. The summed E-state index contributed by atoms with van der Waals surface area (Å²) < 4.78 is 0. The number of amides is 1. The molecule has 1 unspecified atom stereocenters. The molecule has 1 atom stereocenters. The van der Waals surface area contributed by atoms with E-state index in [1.54, 1.807) is 24.3 Å². The second-order valence-electron chi connectivity index (χ2n) is 4.86. The highest BCUT2D eigenvalue weighted by Crippen LogP contribution is 2.33. The summed E-state index contributed by atoms with van der Waals surface area (Å²) in [4.78, 5) is 12.4. The SMILES string of the molecule is O=C(Nc1ccccc1O)C1CCNc2ccccc21. The van der Waals surface area contributed by atoms with Crippen LogP contribution in [-0.2, 0) is 4.79 Å². The fourth-order valence-corrected chi connectivity index (χ4v) is 2.54. The van der Waals surface area contributed by atoms with Gasteiger partial charge in [-0.2, -0.15) is 0 Å². The number of phenolic OH excluding ortho intramolecular Hbond substituents is 1. The highest BCUT2D eigenvalue weighted by molar-refractivity contribution is 5.98. The van der Waals surface area contributed by atoms with E-state index in [9.17, 15) is 9.90 Å². The van der Waals surface area contributed by atoms with Gasteiger partial charge in [0.1, 0.15) is 5.75 Å². The highest BCUT2D eigenvalue weighted by atomic mass is 16.3. The number of hydrogen-bond donors (Lipinski definition) is 3. The Hall–Kier alpha value is -2.49. The van der Waals surface area contributed by atoms with Gasteiger partial charge >= 0.3 is 0 Å². The van der Waals surface area contributed by atoms with Crippen molar-refractivity contribution in [2.45, 2.75) is 12.3 Å².